The standard InChI is InChI=1S/C42H40Cl2N6O2/c43-29-14-12-28(13-15-29)40-32-22-30(44)23-34-36(32)37(41-38(45-25-50(40)41)27-7-3-1-4-8-27)39(46-34)42(52)47-33-21-26(24-51)11-16-35(33)49-19-17-48(18-20-49)31-9-5-2-6-10-31/h1,3-4,7-8,11-16,21-23,25,31,40,46,51H,2,5-6,9-10,17-20,24H2,(H,47,52)/t40-/m1/s1. The fraction of sp³-hybridized carbons (Fsp3) is 0.286. The van der Waals surface area contributed by atoms with Crippen molar-refractivity contribution in [2.24, 2.45) is 0 Å². The molecule has 4 heterocycles. The van der Waals surface area contributed by atoms with Gasteiger partial charge in [-0.1, -0.05) is 91.0 Å². The Hall–Kier alpha value is -4.60. The number of anilines is 2. The second-order valence-electron chi connectivity index (χ2n) is 14.2. The van der Waals surface area contributed by atoms with E-state index in [1.54, 1.807) is 0 Å². The summed E-state index contributed by atoms with van der Waals surface area (Å²) >= 11 is 13.1. The van der Waals surface area contributed by atoms with Gasteiger partial charge in [0.15, 0.2) is 0 Å². The van der Waals surface area contributed by atoms with Crippen LogP contribution in [0.2, 0.25) is 10.0 Å². The molecule has 0 unspecified atom stereocenters. The van der Waals surface area contributed by atoms with Gasteiger partial charge in [0.25, 0.3) is 5.91 Å². The first-order valence-corrected chi connectivity index (χ1v) is 19.0. The Balaban J connectivity index is 1.14. The Kier molecular flexibility index (Phi) is 8.79. The second-order valence-corrected chi connectivity index (χ2v) is 15.1. The van der Waals surface area contributed by atoms with E-state index < -0.39 is 0 Å². The lowest BCUT2D eigenvalue weighted by molar-refractivity contribution is 0.102. The number of fused-ring (bicyclic) bond motifs is 2. The van der Waals surface area contributed by atoms with Crippen LogP contribution in [-0.2, 0) is 6.61 Å². The summed E-state index contributed by atoms with van der Waals surface area (Å²) in [5.74, 6) is -0.276. The molecule has 0 radical (unpaired) electrons. The van der Waals surface area contributed by atoms with Crippen molar-refractivity contribution in [1.82, 2.24) is 19.4 Å². The highest BCUT2D eigenvalue weighted by molar-refractivity contribution is 6.32. The van der Waals surface area contributed by atoms with Crippen LogP contribution < -0.4 is 10.2 Å². The summed E-state index contributed by atoms with van der Waals surface area (Å²) in [6.45, 7) is 3.63. The monoisotopic (exact) mass is 730 g/mol. The third kappa shape index (κ3) is 5.88. The molecule has 3 N–H and O–H groups in total. The number of aromatic nitrogens is 3. The van der Waals surface area contributed by atoms with Crippen LogP contribution in [-0.4, -0.2) is 62.7 Å². The van der Waals surface area contributed by atoms with Gasteiger partial charge in [0, 0.05) is 64.3 Å². The third-order valence-electron chi connectivity index (χ3n) is 11.2. The van der Waals surface area contributed by atoms with Crippen molar-refractivity contribution in [2.45, 2.75) is 50.8 Å². The molecule has 52 heavy (non-hydrogen) atoms. The average Bonchev–Trinajstić information content (AvgIpc) is 3.79. The summed E-state index contributed by atoms with van der Waals surface area (Å²) in [5, 5.41) is 15.6. The summed E-state index contributed by atoms with van der Waals surface area (Å²) in [5.41, 5.74) is 8.94. The first-order valence-electron chi connectivity index (χ1n) is 18.2. The normalized spacial score (nSPS) is 17.8. The fourth-order valence-electron chi connectivity index (χ4n) is 8.71. The van der Waals surface area contributed by atoms with Crippen molar-refractivity contribution in [3.8, 4) is 22.5 Å². The fourth-order valence-corrected chi connectivity index (χ4v) is 9.07. The number of aliphatic hydroxyl groups is 1. The summed E-state index contributed by atoms with van der Waals surface area (Å²) in [7, 11) is 0. The van der Waals surface area contributed by atoms with Gasteiger partial charge in [0.05, 0.1) is 41.7 Å². The number of aliphatic hydroxyl groups excluding tert-OH is 1. The van der Waals surface area contributed by atoms with Crippen molar-refractivity contribution in [2.75, 3.05) is 36.4 Å². The number of imidazole rings is 1. The van der Waals surface area contributed by atoms with Gasteiger partial charge < -0.3 is 24.9 Å². The summed E-state index contributed by atoms with van der Waals surface area (Å²) in [6, 6.07) is 28.1. The van der Waals surface area contributed by atoms with E-state index in [2.05, 4.69) is 24.7 Å². The molecule has 2 fully saturated rings. The van der Waals surface area contributed by atoms with E-state index in [1.807, 2.05) is 91.3 Å². The molecule has 6 aromatic rings. The van der Waals surface area contributed by atoms with Crippen LogP contribution in [0.4, 0.5) is 11.4 Å². The maximum Gasteiger partial charge on any atom is 0.272 e. The number of nitrogens with zero attached hydrogens (tertiary/aromatic N) is 4. The minimum absolute atomic E-state index is 0.121. The van der Waals surface area contributed by atoms with Crippen LogP contribution in [0.3, 0.4) is 0 Å². The number of benzene rings is 4. The highest BCUT2D eigenvalue weighted by atomic mass is 35.5. The number of carbonyl (C=O) groups is 1. The average molecular weight is 732 g/mol. The second kappa shape index (κ2) is 13.7. The number of hydrogen-bond acceptors (Lipinski definition) is 5. The highest BCUT2D eigenvalue weighted by Crippen LogP contribution is 2.50. The van der Waals surface area contributed by atoms with Crippen LogP contribution >= 0.6 is 23.2 Å². The van der Waals surface area contributed by atoms with Crippen LogP contribution in [0, 0.1) is 0 Å². The molecule has 1 saturated carbocycles. The summed E-state index contributed by atoms with van der Waals surface area (Å²) < 4.78 is 2.15. The Bertz CT molecular complexity index is 2270. The molecular formula is C42H40Cl2N6O2. The van der Waals surface area contributed by atoms with E-state index in [9.17, 15) is 9.90 Å². The molecule has 8 nitrogen and oxygen atoms in total. The Morgan fingerprint density at radius 2 is 1.65 bits per heavy atom. The molecule has 1 saturated heterocycles. The number of carbonyl (C=O) groups excluding carboxylic acids is 1. The highest BCUT2D eigenvalue weighted by Gasteiger charge is 2.36. The minimum atomic E-state index is -0.276. The zero-order chi connectivity index (χ0) is 35.3. The lowest BCUT2D eigenvalue weighted by atomic mass is 9.88. The van der Waals surface area contributed by atoms with E-state index in [1.165, 1.54) is 32.1 Å². The van der Waals surface area contributed by atoms with Crippen LogP contribution in [0.5, 0.6) is 0 Å². The van der Waals surface area contributed by atoms with Gasteiger partial charge in [-0.3, -0.25) is 9.69 Å². The smallest absolute Gasteiger partial charge is 0.272 e. The van der Waals surface area contributed by atoms with Crippen molar-refractivity contribution in [3.05, 3.63) is 124 Å². The topological polar surface area (TPSA) is 89.4 Å². The first kappa shape index (κ1) is 33.3. The molecule has 0 spiro atoms. The van der Waals surface area contributed by atoms with Crippen LogP contribution in [0.1, 0.15) is 65.3 Å². The van der Waals surface area contributed by atoms with Crippen molar-refractivity contribution in [1.29, 1.82) is 0 Å². The van der Waals surface area contributed by atoms with Gasteiger partial charge in [-0.2, -0.15) is 0 Å². The number of halogens is 2. The zero-order valence-electron chi connectivity index (χ0n) is 28.8. The molecule has 10 heteroatoms. The molecular weight excluding hydrogens is 691 g/mol. The molecule has 4 aromatic carbocycles. The van der Waals surface area contributed by atoms with Gasteiger partial charge in [0.2, 0.25) is 0 Å². The van der Waals surface area contributed by atoms with Crippen molar-refractivity contribution >= 4 is 51.4 Å². The number of rotatable bonds is 7. The number of aromatic amines is 1. The SMILES string of the molecule is O=C(Nc1cc(CO)ccc1N1CCN(C2CCCCC2)CC1)c1[nH]c2cc(Cl)cc3c2c1-c1c(-c2ccccc2)ncn1[C@@H]3c1ccc(Cl)cc1. The number of piperazine rings is 1. The minimum Gasteiger partial charge on any atom is -0.392 e. The van der Waals surface area contributed by atoms with Gasteiger partial charge in [-0.25, -0.2) is 4.98 Å². The number of amides is 1. The number of nitrogens with one attached hydrogen (secondary N) is 2. The Labute approximate surface area is 313 Å². The molecule has 2 aliphatic heterocycles. The van der Waals surface area contributed by atoms with Gasteiger partial charge in [-0.15, -0.1) is 0 Å². The van der Waals surface area contributed by atoms with Gasteiger partial charge >= 0.3 is 0 Å². The van der Waals surface area contributed by atoms with E-state index >= 15 is 0 Å². The van der Waals surface area contributed by atoms with Crippen LogP contribution in [0.25, 0.3) is 33.4 Å². The lowest BCUT2D eigenvalue weighted by Gasteiger charge is -2.42. The molecule has 3 aliphatic rings. The first-order chi connectivity index (χ1) is 25.5. The van der Waals surface area contributed by atoms with E-state index in [4.69, 9.17) is 28.2 Å². The Morgan fingerprint density at radius 3 is 2.40 bits per heavy atom. The van der Waals surface area contributed by atoms with Crippen molar-refractivity contribution in [3.63, 3.8) is 0 Å². The predicted molar refractivity (Wildman–Crippen MR) is 210 cm³/mol. The molecule has 2 aromatic heterocycles. The van der Waals surface area contributed by atoms with Gasteiger partial charge in [-0.05, 0) is 65.9 Å². The number of H-pyrrole nitrogens is 1. The molecule has 1 atom stereocenters. The Morgan fingerprint density at radius 1 is 0.885 bits per heavy atom. The lowest BCUT2D eigenvalue weighted by Crippen LogP contribution is -2.51. The molecule has 1 amide bonds. The third-order valence-corrected chi connectivity index (χ3v) is 11.7. The molecule has 0 bridgehead atoms. The van der Waals surface area contributed by atoms with Crippen molar-refractivity contribution < 1.29 is 9.90 Å². The maximum absolute atomic E-state index is 14.7. The van der Waals surface area contributed by atoms with Gasteiger partial charge in [0.1, 0.15) is 5.69 Å². The van der Waals surface area contributed by atoms with Crippen LogP contribution in [0.15, 0.2) is 91.3 Å². The maximum atomic E-state index is 14.7. The number of hydrogen-bond donors (Lipinski definition) is 3. The quantitative estimate of drug-likeness (QED) is 0.152. The summed E-state index contributed by atoms with van der Waals surface area (Å²) in [6.07, 6.45) is 8.43. The van der Waals surface area contributed by atoms with E-state index in [-0.39, 0.29) is 18.6 Å². The van der Waals surface area contributed by atoms with E-state index in [0.29, 0.717) is 27.5 Å². The molecule has 264 valence electrons. The molecule has 9 rings (SSSR count). The van der Waals surface area contributed by atoms with E-state index in [0.717, 1.165) is 82.0 Å². The largest absolute Gasteiger partial charge is 0.392 e. The zero-order valence-corrected chi connectivity index (χ0v) is 30.3. The molecule has 1 aliphatic carbocycles. The summed E-state index contributed by atoms with van der Waals surface area (Å²) in [4.78, 5) is 28.2. The predicted octanol–water partition coefficient (Wildman–Crippen LogP) is 9.16.